The van der Waals surface area contributed by atoms with E-state index >= 15 is 0 Å². The first-order valence-electron chi connectivity index (χ1n) is 5.91. The van der Waals surface area contributed by atoms with E-state index < -0.39 is 23.7 Å². The number of aromatic nitrogens is 1. The first-order chi connectivity index (χ1) is 8.79. The van der Waals surface area contributed by atoms with Gasteiger partial charge in [-0.05, 0) is 31.9 Å². The summed E-state index contributed by atoms with van der Waals surface area (Å²) in [5.41, 5.74) is 4.76. The molecule has 7 heteroatoms. The number of nitrogens with two attached hydrogens (primary N) is 1. The highest BCUT2D eigenvalue weighted by atomic mass is 19.4. The number of primary amides is 1. The zero-order valence-electron chi connectivity index (χ0n) is 10.4. The Morgan fingerprint density at radius 1 is 1.47 bits per heavy atom. The SMILES string of the molecule is Cc1cc(C(F)(F)F)cc(N2CCCC2C(N)=O)n1. The second-order valence-electron chi connectivity index (χ2n) is 4.61. The minimum Gasteiger partial charge on any atom is -0.368 e. The van der Waals surface area contributed by atoms with Crippen molar-refractivity contribution in [1.82, 2.24) is 4.98 Å². The van der Waals surface area contributed by atoms with E-state index in [1.807, 2.05) is 0 Å². The first-order valence-corrected chi connectivity index (χ1v) is 5.91. The van der Waals surface area contributed by atoms with Crippen LogP contribution in [0.5, 0.6) is 0 Å². The Labute approximate surface area is 108 Å². The van der Waals surface area contributed by atoms with Gasteiger partial charge in [-0.1, -0.05) is 0 Å². The maximum absolute atomic E-state index is 12.8. The molecule has 2 N–H and O–H groups in total. The van der Waals surface area contributed by atoms with Crippen LogP contribution in [0.4, 0.5) is 19.0 Å². The summed E-state index contributed by atoms with van der Waals surface area (Å²) in [5, 5.41) is 0. The zero-order chi connectivity index (χ0) is 14.2. The molecule has 1 atom stereocenters. The van der Waals surface area contributed by atoms with Gasteiger partial charge in [-0.15, -0.1) is 0 Å². The van der Waals surface area contributed by atoms with Crippen LogP contribution in [0.1, 0.15) is 24.1 Å². The molecule has 2 rings (SSSR count). The van der Waals surface area contributed by atoms with Gasteiger partial charge in [0.1, 0.15) is 11.9 Å². The third kappa shape index (κ3) is 2.80. The highest BCUT2D eigenvalue weighted by Crippen LogP contribution is 2.33. The van der Waals surface area contributed by atoms with Crippen molar-refractivity contribution in [2.24, 2.45) is 5.73 Å². The summed E-state index contributed by atoms with van der Waals surface area (Å²) in [5.74, 6) is -0.372. The number of carbonyl (C=O) groups is 1. The van der Waals surface area contributed by atoms with Gasteiger partial charge in [0, 0.05) is 12.2 Å². The molecule has 104 valence electrons. The maximum Gasteiger partial charge on any atom is 0.416 e. The topological polar surface area (TPSA) is 59.2 Å². The lowest BCUT2D eigenvalue weighted by Gasteiger charge is -2.24. The number of hydrogen-bond donors (Lipinski definition) is 1. The van der Waals surface area contributed by atoms with Crippen LogP contribution < -0.4 is 10.6 Å². The van der Waals surface area contributed by atoms with Crippen LogP contribution in [0.15, 0.2) is 12.1 Å². The Bertz CT molecular complexity index is 501. The smallest absolute Gasteiger partial charge is 0.368 e. The number of halogens is 3. The van der Waals surface area contributed by atoms with Crippen molar-refractivity contribution in [2.45, 2.75) is 32.0 Å². The summed E-state index contributed by atoms with van der Waals surface area (Å²) < 4.78 is 38.3. The Morgan fingerprint density at radius 3 is 2.74 bits per heavy atom. The molecule has 4 nitrogen and oxygen atoms in total. The minimum atomic E-state index is -4.43. The van der Waals surface area contributed by atoms with E-state index in [2.05, 4.69) is 4.98 Å². The Kier molecular flexibility index (Phi) is 3.38. The number of rotatable bonds is 2. The monoisotopic (exact) mass is 273 g/mol. The minimum absolute atomic E-state index is 0.161. The number of pyridine rings is 1. The standard InChI is InChI=1S/C12H14F3N3O/c1-7-5-8(12(13,14)15)6-10(17-7)18-4-2-3-9(18)11(16)19/h5-6,9H,2-4H2,1H3,(H2,16,19). The number of carbonyl (C=O) groups excluding carboxylic acids is 1. The van der Waals surface area contributed by atoms with Gasteiger partial charge in [0.15, 0.2) is 0 Å². The zero-order valence-corrected chi connectivity index (χ0v) is 10.4. The van der Waals surface area contributed by atoms with Gasteiger partial charge in [-0.25, -0.2) is 4.98 Å². The summed E-state index contributed by atoms with van der Waals surface area (Å²) in [4.78, 5) is 16.9. The molecule has 1 aromatic rings. The van der Waals surface area contributed by atoms with E-state index in [4.69, 9.17) is 5.73 Å². The van der Waals surface area contributed by atoms with Crippen LogP contribution in [0, 0.1) is 6.92 Å². The molecule has 1 aliphatic heterocycles. The van der Waals surface area contributed by atoms with Crippen molar-refractivity contribution in [1.29, 1.82) is 0 Å². The number of amides is 1. The average Bonchev–Trinajstić information content (AvgIpc) is 2.75. The van der Waals surface area contributed by atoms with Crippen LogP contribution in [0.25, 0.3) is 0 Å². The molecule has 19 heavy (non-hydrogen) atoms. The van der Waals surface area contributed by atoms with E-state index in [-0.39, 0.29) is 11.5 Å². The van der Waals surface area contributed by atoms with Gasteiger partial charge in [0.05, 0.1) is 5.56 Å². The maximum atomic E-state index is 12.8. The van der Waals surface area contributed by atoms with Crippen LogP contribution in [-0.4, -0.2) is 23.5 Å². The second-order valence-corrected chi connectivity index (χ2v) is 4.61. The summed E-state index contributed by atoms with van der Waals surface area (Å²) in [6, 6.07) is 1.38. The van der Waals surface area contributed by atoms with E-state index in [0.717, 1.165) is 12.1 Å². The Hall–Kier alpha value is -1.79. The molecule has 1 unspecified atom stereocenters. The van der Waals surface area contributed by atoms with Crippen LogP contribution in [0.3, 0.4) is 0 Å². The van der Waals surface area contributed by atoms with Crippen LogP contribution >= 0.6 is 0 Å². The van der Waals surface area contributed by atoms with Crippen molar-refractivity contribution in [3.05, 3.63) is 23.4 Å². The molecule has 0 spiro atoms. The van der Waals surface area contributed by atoms with Gasteiger partial charge in [0.25, 0.3) is 0 Å². The van der Waals surface area contributed by atoms with Crippen molar-refractivity contribution in [3.8, 4) is 0 Å². The summed E-state index contributed by atoms with van der Waals surface area (Å²) in [6.07, 6.45) is -3.17. The average molecular weight is 273 g/mol. The molecule has 1 aromatic heterocycles. The summed E-state index contributed by atoms with van der Waals surface area (Å²) >= 11 is 0. The molecule has 0 radical (unpaired) electrons. The molecule has 0 aliphatic carbocycles. The van der Waals surface area contributed by atoms with Crippen molar-refractivity contribution < 1.29 is 18.0 Å². The number of nitrogens with zero attached hydrogens (tertiary/aromatic N) is 2. The molecule has 1 fully saturated rings. The van der Waals surface area contributed by atoms with Gasteiger partial charge in [0.2, 0.25) is 5.91 Å². The number of anilines is 1. The quantitative estimate of drug-likeness (QED) is 0.894. The van der Waals surface area contributed by atoms with Crippen LogP contribution in [0.2, 0.25) is 0 Å². The fourth-order valence-corrected chi connectivity index (χ4v) is 2.30. The molecule has 0 saturated carbocycles. The fourth-order valence-electron chi connectivity index (χ4n) is 2.30. The van der Waals surface area contributed by atoms with E-state index in [1.165, 1.54) is 6.92 Å². The van der Waals surface area contributed by atoms with Crippen molar-refractivity contribution >= 4 is 11.7 Å². The predicted octanol–water partition coefficient (Wildman–Crippen LogP) is 1.86. The van der Waals surface area contributed by atoms with Gasteiger partial charge in [-0.3, -0.25) is 4.79 Å². The molecule has 1 aliphatic rings. The van der Waals surface area contributed by atoms with Gasteiger partial charge < -0.3 is 10.6 Å². The summed E-state index contributed by atoms with van der Waals surface area (Å²) in [6.45, 7) is 1.98. The lowest BCUT2D eigenvalue weighted by molar-refractivity contribution is -0.137. The van der Waals surface area contributed by atoms with E-state index in [9.17, 15) is 18.0 Å². The van der Waals surface area contributed by atoms with Crippen LogP contribution in [-0.2, 0) is 11.0 Å². The highest BCUT2D eigenvalue weighted by Gasteiger charge is 2.34. The molecule has 2 heterocycles. The third-order valence-electron chi connectivity index (χ3n) is 3.14. The lowest BCUT2D eigenvalue weighted by Crippen LogP contribution is -2.40. The third-order valence-corrected chi connectivity index (χ3v) is 3.14. The van der Waals surface area contributed by atoms with E-state index in [0.29, 0.717) is 19.4 Å². The predicted molar refractivity (Wildman–Crippen MR) is 63.5 cm³/mol. The molecule has 1 saturated heterocycles. The number of aryl methyl sites for hydroxylation is 1. The molecule has 0 bridgehead atoms. The van der Waals surface area contributed by atoms with E-state index in [1.54, 1.807) is 4.90 Å². The fraction of sp³-hybridized carbons (Fsp3) is 0.500. The molecular weight excluding hydrogens is 259 g/mol. The molecule has 1 amide bonds. The highest BCUT2D eigenvalue weighted by molar-refractivity contribution is 5.83. The molecule has 0 aromatic carbocycles. The van der Waals surface area contributed by atoms with Crippen molar-refractivity contribution in [3.63, 3.8) is 0 Å². The van der Waals surface area contributed by atoms with Crippen molar-refractivity contribution in [2.75, 3.05) is 11.4 Å². The van der Waals surface area contributed by atoms with Gasteiger partial charge >= 0.3 is 6.18 Å². The summed E-state index contributed by atoms with van der Waals surface area (Å²) in [7, 11) is 0. The first kappa shape index (κ1) is 13.6. The lowest BCUT2D eigenvalue weighted by atomic mass is 10.2. The number of alkyl halides is 3. The molecular formula is C12H14F3N3O. The Balaban J connectivity index is 2.40. The van der Waals surface area contributed by atoms with Gasteiger partial charge in [-0.2, -0.15) is 13.2 Å². The number of hydrogen-bond acceptors (Lipinski definition) is 3. The normalized spacial score (nSPS) is 19.8. The Morgan fingerprint density at radius 2 is 2.16 bits per heavy atom. The largest absolute Gasteiger partial charge is 0.416 e. The second kappa shape index (κ2) is 4.71.